The zero-order valence-electron chi connectivity index (χ0n) is 16.2. The third-order valence-electron chi connectivity index (χ3n) is 4.56. The van der Waals surface area contributed by atoms with Crippen molar-refractivity contribution in [1.82, 2.24) is 9.97 Å². The van der Waals surface area contributed by atoms with E-state index in [4.69, 9.17) is 0 Å². The van der Waals surface area contributed by atoms with Gasteiger partial charge in [0, 0.05) is 18.4 Å². The first-order chi connectivity index (χ1) is 14.3. The van der Waals surface area contributed by atoms with E-state index in [0.29, 0.717) is 16.8 Å². The van der Waals surface area contributed by atoms with E-state index in [9.17, 15) is 23.1 Å². The lowest BCUT2D eigenvalue weighted by Crippen LogP contribution is -2.37. The van der Waals surface area contributed by atoms with Crippen molar-refractivity contribution in [2.24, 2.45) is 0 Å². The van der Waals surface area contributed by atoms with Gasteiger partial charge in [-0.15, -0.1) is 0 Å². The first-order valence-electron chi connectivity index (χ1n) is 9.25. The number of rotatable bonds is 6. The van der Waals surface area contributed by atoms with Crippen molar-refractivity contribution in [2.75, 3.05) is 11.4 Å². The quantitative estimate of drug-likeness (QED) is 0.658. The number of aromatic nitrogens is 2. The highest BCUT2D eigenvalue weighted by Gasteiger charge is 2.32. The number of hydrogen-bond acceptors (Lipinski definition) is 4. The van der Waals surface area contributed by atoms with E-state index in [-0.39, 0.29) is 13.0 Å². The molecular weight excluding hydrogens is 395 g/mol. The van der Waals surface area contributed by atoms with Gasteiger partial charge in [-0.25, -0.2) is 0 Å². The number of halogens is 3. The van der Waals surface area contributed by atoms with Crippen molar-refractivity contribution in [3.05, 3.63) is 89.5 Å². The van der Waals surface area contributed by atoms with E-state index >= 15 is 0 Å². The maximum absolute atomic E-state index is 13.0. The van der Waals surface area contributed by atoms with Crippen molar-refractivity contribution in [3.63, 3.8) is 0 Å². The summed E-state index contributed by atoms with van der Waals surface area (Å²) in [5.41, 5.74) is 1.27. The van der Waals surface area contributed by atoms with Gasteiger partial charge < -0.3 is 10.0 Å². The van der Waals surface area contributed by atoms with Crippen LogP contribution in [0.4, 0.5) is 18.9 Å². The van der Waals surface area contributed by atoms with E-state index in [1.165, 1.54) is 17.2 Å². The molecule has 3 rings (SSSR count). The molecule has 1 N–H and O–H groups in total. The van der Waals surface area contributed by atoms with Crippen LogP contribution in [0.15, 0.2) is 67.0 Å². The van der Waals surface area contributed by atoms with Crippen LogP contribution in [0, 0.1) is 6.92 Å². The molecule has 0 aliphatic heterocycles. The summed E-state index contributed by atoms with van der Waals surface area (Å²) in [7, 11) is 0. The fourth-order valence-corrected chi connectivity index (χ4v) is 2.89. The topological polar surface area (TPSA) is 66.3 Å². The molecule has 5 nitrogen and oxygen atoms in total. The molecule has 0 bridgehead atoms. The van der Waals surface area contributed by atoms with Gasteiger partial charge in [-0.1, -0.05) is 36.4 Å². The Kier molecular flexibility index (Phi) is 6.47. The number of aliphatic hydroxyl groups is 1. The minimum atomic E-state index is -4.51. The van der Waals surface area contributed by atoms with E-state index in [1.54, 1.807) is 42.5 Å². The Bertz CT molecular complexity index is 975. The van der Waals surface area contributed by atoms with Crippen LogP contribution in [-0.2, 0) is 17.4 Å². The number of nitrogens with zero attached hydrogens (tertiary/aromatic N) is 3. The standard InChI is InChI=1S/C22H20F3N3O2/c1-15-7-9-18(14-26-15)28(21(30)20(29)17-5-3-2-4-6-17)12-11-16-8-10-19(27-13-16)22(23,24)25/h2-10,13-14,20,29H,11-12H2,1H3/t20-/m0/s1. The molecule has 156 valence electrons. The van der Waals surface area contributed by atoms with E-state index in [2.05, 4.69) is 9.97 Å². The smallest absolute Gasteiger partial charge is 0.378 e. The third-order valence-corrected chi connectivity index (χ3v) is 4.56. The van der Waals surface area contributed by atoms with E-state index < -0.39 is 23.9 Å². The molecule has 0 fully saturated rings. The van der Waals surface area contributed by atoms with Crippen molar-refractivity contribution in [1.29, 1.82) is 0 Å². The van der Waals surface area contributed by atoms with Crippen molar-refractivity contribution < 1.29 is 23.1 Å². The molecule has 2 aromatic heterocycles. The van der Waals surface area contributed by atoms with E-state index in [0.717, 1.165) is 18.0 Å². The van der Waals surface area contributed by atoms with Crippen LogP contribution in [0.3, 0.4) is 0 Å². The number of hydrogen-bond donors (Lipinski definition) is 1. The Balaban J connectivity index is 1.81. The molecule has 0 unspecified atom stereocenters. The Morgan fingerprint density at radius 1 is 1.03 bits per heavy atom. The SMILES string of the molecule is Cc1ccc(N(CCc2ccc(C(F)(F)F)nc2)C(=O)[C@@H](O)c2ccccc2)cn1. The number of carbonyl (C=O) groups is 1. The molecule has 1 aromatic carbocycles. The first kappa shape index (κ1) is 21.4. The van der Waals surface area contributed by atoms with E-state index in [1.807, 2.05) is 6.92 Å². The van der Waals surface area contributed by atoms with Crippen molar-refractivity contribution >= 4 is 11.6 Å². The van der Waals surface area contributed by atoms with Crippen molar-refractivity contribution in [3.8, 4) is 0 Å². The minimum absolute atomic E-state index is 0.139. The summed E-state index contributed by atoms with van der Waals surface area (Å²) in [6.45, 7) is 1.95. The van der Waals surface area contributed by atoms with Gasteiger partial charge in [0.15, 0.2) is 6.10 Å². The summed E-state index contributed by atoms with van der Waals surface area (Å²) in [6.07, 6.45) is -2.96. The molecular formula is C22H20F3N3O2. The second kappa shape index (κ2) is 9.04. The molecule has 1 atom stereocenters. The second-order valence-corrected chi connectivity index (χ2v) is 6.76. The molecule has 0 aliphatic carbocycles. The number of carbonyl (C=O) groups excluding carboxylic acids is 1. The molecule has 3 aromatic rings. The monoisotopic (exact) mass is 415 g/mol. The number of aryl methyl sites for hydroxylation is 1. The zero-order chi connectivity index (χ0) is 21.7. The molecule has 1 amide bonds. The number of amides is 1. The van der Waals surface area contributed by atoms with Gasteiger partial charge >= 0.3 is 6.18 Å². The average molecular weight is 415 g/mol. The Labute approximate surface area is 171 Å². The molecule has 0 aliphatic rings. The van der Waals surface area contributed by atoms with Gasteiger partial charge in [0.1, 0.15) is 5.69 Å². The third kappa shape index (κ3) is 5.21. The highest BCUT2D eigenvalue weighted by Crippen LogP contribution is 2.27. The second-order valence-electron chi connectivity index (χ2n) is 6.76. The Morgan fingerprint density at radius 2 is 1.77 bits per heavy atom. The number of pyridine rings is 2. The first-order valence-corrected chi connectivity index (χ1v) is 9.25. The summed E-state index contributed by atoms with van der Waals surface area (Å²) < 4.78 is 38.1. The number of alkyl halides is 3. The maximum Gasteiger partial charge on any atom is 0.433 e. The molecule has 8 heteroatoms. The van der Waals surface area contributed by atoms with Gasteiger partial charge in [-0.2, -0.15) is 13.2 Å². The number of benzene rings is 1. The van der Waals surface area contributed by atoms with Gasteiger partial charge in [0.05, 0.1) is 11.9 Å². The predicted octanol–water partition coefficient (Wildman–Crippen LogP) is 4.11. The normalized spacial score (nSPS) is 12.4. The fraction of sp³-hybridized carbons (Fsp3) is 0.227. The Morgan fingerprint density at radius 3 is 2.33 bits per heavy atom. The summed E-state index contributed by atoms with van der Waals surface area (Å²) in [6, 6.07) is 14.2. The highest BCUT2D eigenvalue weighted by atomic mass is 19.4. The lowest BCUT2D eigenvalue weighted by atomic mass is 10.1. The lowest BCUT2D eigenvalue weighted by molar-refractivity contribution is -0.141. The predicted molar refractivity (Wildman–Crippen MR) is 106 cm³/mol. The Hall–Kier alpha value is -3.26. The van der Waals surface area contributed by atoms with Crippen LogP contribution >= 0.6 is 0 Å². The average Bonchev–Trinajstić information content (AvgIpc) is 2.74. The summed E-state index contributed by atoms with van der Waals surface area (Å²) in [5, 5.41) is 10.5. The number of aliphatic hydroxyl groups excluding tert-OH is 1. The maximum atomic E-state index is 13.0. The fourth-order valence-electron chi connectivity index (χ4n) is 2.89. The van der Waals surface area contributed by atoms with Crippen LogP contribution in [0.5, 0.6) is 0 Å². The van der Waals surface area contributed by atoms with Gasteiger partial charge in [-0.3, -0.25) is 14.8 Å². The summed E-state index contributed by atoms with van der Waals surface area (Å²) >= 11 is 0. The summed E-state index contributed by atoms with van der Waals surface area (Å²) in [4.78, 5) is 22.0. The molecule has 2 heterocycles. The van der Waals surface area contributed by atoms with Crippen LogP contribution in [0.2, 0.25) is 0 Å². The van der Waals surface area contributed by atoms with Crippen LogP contribution in [0.25, 0.3) is 0 Å². The molecule has 0 spiro atoms. The molecule has 0 saturated carbocycles. The highest BCUT2D eigenvalue weighted by molar-refractivity contribution is 5.96. The largest absolute Gasteiger partial charge is 0.433 e. The zero-order valence-corrected chi connectivity index (χ0v) is 16.2. The minimum Gasteiger partial charge on any atom is -0.378 e. The van der Waals surface area contributed by atoms with Crippen LogP contribution in [-0.4, -0.2) is 27.5 Å². The van der Waals surface area contributed by atoms with Crippen molar-refractivity contribution in [2.45, 2.75) is 25.6 Å². The van der Waals surface area contributed by atoms with Gasteiger partial charge in [0.2, 0.25) is 0 Å². The van der Waals surface area contributed by atoms with Gasteiger partial charge in [0.25, 0.3) is 5.91 Å². The van der Waals surface area contributed by atoms with Gasteiger partial charge in [-0.05, 0) is 42.7 Å². The lowest BCUT2D eigenvalue weighted by Gasteiger charge is -2.25. The molecule has 0 saturated heterocycles. The molecule has 0 radical (unpaired) electrons. The molecule has 30 heavy (non-hydrogen) atoms. The summed E-state index contributed by atoms with van der Waals surface area (Å²) in [5.74, 6) is -0.549. The van der Waals surface area contributed by atoms with Crippen LogP contribution < -0.4 is 4.90 Å². The van der Waals surface area contributed by atoms with Crippen LogP contribution in [0.1, 0.15) is 28.6 Å². The number of anilines is 1.